The molecule has 0 saturated carbocycles. The number of benzene rings is 3. The van der Waals surface area contributed by atoms with Gasteiger partial charge in [-0.3, -0.25) is 4.72 Å². The predicted molar refractivity (Wildman–Crippen MR) is 125 cm³/mol. The van der Waals surface area contributed by atoms with Crippen LogP contribution in [0.3, 0.4) is 0 Å². The number of anilines is 1. The number of fused-ring (bicyclic) bond motifs is 3. The molecule has 1 aliphatic rings. The van der Waals surface area contributed by atoms with Crippen LogP contribution in [0, 0.1) is 0 Å². The van der Waals surface area contributed by atoms with E-state index in [1.807, 2.05) is 24.3 Å². The van der Waals surface area contributed by atoms with Gasteiger partial charge in [0.15, 0.2) is 0 Å². The van der Waals surface area contributed by atoms with Crippen LogP contribution in [0.2, 0.25) is 0 Å². The van der Waals surface area contributed by atoms with E-state index in [0.717, 1.165) is 29.4 Å². The summed E-state index contributed by atoms with van der Waals surface area (Å²) < 4.78 is 31.0. The quantitative estimate of drug-likeness (QED) is 0.290. The van der Waals surface area contributed by atoms with Crippen molar-refractivity contribution in [3.05, 3.63) is 77.4 Å². The first kappa shape index (κ1) is 22.1. The molecule has 0 amide bonds. The molecule has 4 rings (SSSR count). The van der Waals surface area contributed by atoms with E-state index in [9.17, 15) is 18.6 Å². The van der Waals surface area contributed by atoms with E-state index < -0.39 is 16.1 Å². The molecule has 1 aliphatic carbocycles. The van der Waals surface area contributed by atoms with Crippen LogP contribution in [0.25, 0.3) is 11.1 Å². The largest absolute Gasteiger partial charge is 0.507 e. The lowest BCUT2D eigenvalue weighted by molar-refractivity contribution is 0.172. The molecule has 0 unspecified atom stereocenters. The van der Waals surface area contributed by atoms with Crippen LogP contribution >= 0.6 is 0 Å². The van der Waals surface area contributed by atoms with Crippen LogP contribution in [-0.2, 0) is 16.4 Å². The summed E-state index contributed by atoms with van der Waals surface area (Å²) in [5.41, 5.74) is 5.26. The Morgan fingerprint density at radius 1 is 1.06 bits per heavy atom. The minimum atomic E-state index is -3.38. The van der Waals surface area contributed by atoms with Gasteiger partial charge in [-0.15, -0.1) is 0 Å². The number of hydrogen-bond acceptors (Lipinski definition) is 6. The van der Waals surface area contributed by atoms with Gasteiger partial charge in [-0.2, -0.15) is 0 Å². The number of sulfonamides is 1. The van der Waals surface area contributed by atoms with Crippen molar-refractivity contribution in [1.29, 1.82) is 0 Å². The van der Waals surface area contributed by atoms with E-state index in [4.69, 9.17) is 4.74 Å². The third kappa shape index (κ3) is 5.21. The number of aliphatic hydroxyl groups excluding tert-OH is 1. The Morgan fingerprint density at radius 2 is 1.88 bits per heavy atom. The Hall–Kier alpha value is -3.07. The third-order valence-electron chi connectivity index (χ3n) is 5.33. The molecule has 7 nitrogen and oxygen atoms in total. The van der Waals surface area contributed by atoms with Crippen molar-refractivity contribution < 1.29 is 23.4 Å². The molecule has 3 aromatic carbocycles. The molecule has 0 aromatic heterocycles. The summed E-state index contributed by atoms with van der Waals surface area (Å²) in [5, 5.41) is 23.9. The van der Waals surface area contributed by atoms with Crippen molar-refractivity contribution in [2.75, 3.05) is 30.7 Å². The smallest absolute Gasteiger partial charge is 0.229 e. The summed E-state index contributed by atoms with van der Waals surface area (Å²) >= 11 is 0. The number of rotatable bonds is 9. The van der Waals surface area contributed by atoms with Gasteiger partial charge in [0.1, 0.15) is 18.1 Å². The van der Waals surface area contributed by atoms with Crippen LogP contribution in [0.5, 0.6) is 11.5 Å². The first-order chi connectivity index (χ1) is 15.3. The fourth-order valence-corrected chi connectivity index (χ4v) is 4.44. The van der Waals surface area contributed by atoms with Crippen LogP contribution in [-0.4, -0.2) is 44.6 Å². The molecule has 3 aromatic rings. The average molecular weight is 455 g/mol. The fraction of sp³-hybridized carbons (Fsp3) is 0.250. The van der Waals surface area contributed by atoms with E-state index in [2.05, 4.69) is 16.1 Å². The Kier molecular flexibility index (Phi) is 6.36. The molecule has 0 spiro atoms. The molecule has 0 bridgehead atoms. The van der Waals surface area contributed by atoms with Gasteiger partial charge in [-0.25, -0.2) is 8.42 Å². The van der Waals surface area contributed by atoms with Gasteiger partial charge < -0.3 is 20.3 Å². The van der Waals surface area contributed by atoms with Crippen LogP contribution in [0.15, 0.2) is 60.7 Å². The van der Waals surface area contributed by atoms with Crippen molar-refractivity contribution in [1.82, 2.24) is 5.32 Å². The lowest BCUT2D eigenvalue weighted by atomic mass is 10.1. The minimum absolute atomic E-state index is 0.236. The maximum atomic E-state index is 11.4. The van der Waals surface area contributed by atoms with Gasteiger partial charge in [-0.1, -0.05) is 36.4 Å². The average Bonchev–Trinajstić information content (AvgIpc) is 3.12. The third-order valence-corrected chi connectivity index (χ3v) is 5.94. The van der Waals surface area contributed by atoms with Gasteiger partial charge in [0.2, 0.25) is 10.0 Å². The zero-order valence-corrected chi connectivity index (χ0v) is 18.5. The summed E-state index contributed by atoms with van der Waals surface area (Å²) in [6.45, 7) is 1.14. The molecule has 0 aliphatic heterocycles. The molecule has 168 valence electrons. The molecule has 0 heterocycles. The monoisotopic (exact) mass is 454 g/mol. The molecule has 32 heavy (non-hydrogen) atoms. The molecule has 0 saturated heterocycles. The lowest BCUT2D eigenvalue weighted by Gasteiger charge is -2.14. The molecule has 4 N–H and O–H groups in total. The normalized spacial score (nSPS) is 13.3. The second-order valence-electron chi connectivity index (χ2n) is 7.87. The van der Waals surface area contributed by atoms with E-state index in [1.165, 1.54) is 5.56 Å². The topological polar surface area (TPSA) is 108 Å². The zero-order valence-electron chi connectivity index (χ0n) is 17.7. The highest BCUT2D eigenvalue weighted by molar-refractivity contribution is 7.92. The summed E-state index contributed by atoms with van der Waals surface area (Å²) in [6.07, 6.45) is 1.01. The second-order valence-corrected chi connectivity index (χ2v) is 9.62. The minimum Gasteiger partial charge on any atom is -0.507 e. The fourth-order valence-electron chi connectivity index (χ4n) is 3.89. The van der Waals surface area contributed by atoms with Crippen molar-refractivity contribution in [3.63, 3.8) is 0 Å². The first-order valence-corrected chi connectivity index (χ1v) is 12.2. The molecular weight excluding hydrogens is 428 g/mol. The van der Waals surface area contributed by atoms with Crippen molar-refractivity contribution >= 4 is 15.7 Å². The zero-order chi connectivity index (χ0) is 22.7. The summed E-state index contributed by atoms with van der Waals surface area (Å²) in [7, 11) is -3.38. The van der Waals surface area contributed by atoms with Gasteiger partial charge >= 0.3 is 0 Å². The number of ether oxygens (including phenoxy) is 1. The molecule has 1 atom stereocenters. The van der Waals surface area contributed by atoms with E-state index in [-0.39, 0.29) is 12.3 Å². The van der Waals surface area contributed by atoms with Gasteiger partial charge in [-0.05, 0) is 40.5 Å². The summed E-state index contributed by atoms with van der Waals surface area (Å²) in [5.74, 6) is 0.833. The number of phenols is 1. The van der Waals surface area contributed by atoms with Gasteiger partial charge in [0.25, 0.3) is 0 Å². The van der Waals surface area contributed by atoms with Crippen LogP contribution in [0.4, 0.5) is 5.69 Å². The Morgan fingerprint density at radius 3 is 2.69 bits per heavy atom. The predicted octanol–water partition coefficient (Wildman–Crippen LogP) is 3.04. The summed E-state index contributed by atoms with van der Waals surface area (Å²) in [4.78, 5) is 0. The Labute approximate surface area is 187 Å². The molecule has 0 radical (unpaired) electrons. The number of nitrogens with one attached hydrogen (secondary N) is 2. The van der Waals surface area contributed by atoms with Crippen molar-refractivity contribution in [3.8, 4) is 22.6 Å². The van der Waals surface area contributed by atoms with E-state index in [0.29, 0.717) is 30.2 Å². The number of aliphatic hydroxyl groups is 1. The molecule has 8 heteroatoms. The molecule has 0 fully saturated rings. The van der Waals surface area contributed by atoms with Crippen LogP contribution < -0.4 is 14.8 Å². The maximum Gasteiger partial charge on any atom is 0.229 e. The van der Waals surface area contributed by atoms with Crippen molar-refractivity contribution in [2.24, 2.45) is 0 Å². The van der Waals surface area contributed by atoms with Gasteiger partial charge in [0.05, 0.1) is 12.4 Å². The van der Waals surface area contributed by atoms with E-state index in [1.54, 1.807) is 30.3 Å². The van der Waals surface area contributed by atoms with E-state index >= 15 is 0 Å². The second kappa shape index (κ2) is 9.20. The van der Waals surface area contributed by atoms with Crippen LogP contribution in [0.1, 0.15) is 22.8 Å². The standard InChI is InChI=1S/C24H26N2O5S/c1-32(29,30)26-18-7-4-6-17(11-18)24(28)15-25-9-10-31-19-13-21-20-8-3-2-5-16(20)12-22(21)23(27)14-19/h2-8,11,13-14,24-28H,9-10,12,15H2,1H3/t24-/m0/s1. The lowest BCUT2D eigenvalue weighted by Crippen LogP contribution is -2.26. The van der Waals surface area contributed by atoms with Crippen molar-refractivity contribution in [2.45, 2.75) is 12.5 Å². The number of phenolic OH excluding ortho intramolecular Hbond substituents is 1. The van der Waals surface area contributed by atoms with Gasteiger partial charge in [0, 0.05) is 36.8 Å². The highest BCUT2D eigenvalue weighted by Crippen LogP contribution is 2.43. The maximum absolute atomic E-state index is 11.4. The molecular formula is C24H26N2O5S. The Bertz CT molecular complexity index is 1230. The summed E-state index contributed by atoms with van der Waals surface area (Å²) in [6, 6.07) is 18.4. The highest BCUT2D eigenvalue weighted by atomic mass is 32.2. The first-order valence-electron chi connectivity index (χ1n) is 10.3. The Balaban J connectivity index is 1.29. The highest BCUT2D eigenvalue weighted by Gasteiger charge is 2.22. The SMILES string of the molecule is CS(=O)(=O)Nc1cccc([C@@H](O)CNCCOc2cc(O)c3c(c2)-c2ccccc2C3)c1. The number of hydrogen-bond donors (Lipinski definition) is 4. The number of aromatic hydroxyl groups is 1.